The monoisotopic (exact) mass is 362 g/mol. The predicted octanol–water partition coefficient (Wildman–Crippen LogP) is 3.25. The van der Waals surface area contributed by atoms with Crippen LogP contribution >= 0.6 is 0 Å². The number of halogens is 1. The van der Waals surface area contributed by atoms with E-state index in [1.54, 1.807) is 6.07 Å². The number of benzene rings is 2. The van der Waals surface area contributed by atoms with Crippen molar-refractivity contribution in [3.8, 4) is 0 Å². The van der Waals surface area contributed by atoms with Crippen molar-refractivity contribution in [3.63, 3.8) is 0 Å². The SMILES string of the molecule is O=C(Nc1ccccc1F)c1ccc(S(=O)(=O)N2CCCCC2)cc1. The van der Waals surface area contributed by atoms with Gasteiger partial charge in [0.05, 0.1) is 10.6 Å². The number of carbonyl (C=O) groups excluding carboxylic acids is 1. The van der Waals surface area contributed by atoms with Gasteiger partial charge in [0.2, 0.25) is 10.0 Å². The molecule has 0 spiro atoms. The van der Waals surface area contributed by atoms with Crippen molar-refractivity contribution in [2.24, 2.45) is 0 Å². The fraction of sp³-hybridized carbons (Fsp3) is 0.278. The standard InChI is InChI=1S/C18H19FN2O3S/c19-16-6-2-3-7-17(16)20-18(22)14-8-10-15(11-9-14)25(23,24)21-12-4-1-5-13-21/h2-3,6-11H,1,4-5,12-13H2,(H,20,22). The largest absolute Gasteiger partial charge is 0.319 e. The van der Waals surface area contributed by atoms with Crippen LogP contribution in [0.4, 0.5) is 10.1 Å². The summed E-state index contributed by atoms with van der Waals surface area (Å²) in [6, 6.07) is 11.6. The van der Waals surface area contributed by atoms with Gasteiger partial charge in [-0.3, -0.25) is 4.79 Å². The number of nitrogens with zero attached hydrogens (tertiary/aromatic N) is 1. The summed E-state index contributed by atoms with van der Waals surface area (Å²) in [7, 11) is -3.53. The lowest BCUT2D eigenvalue weighted by Crippen LogP contribution is -2.35. The fourth-order valence-corrected chi connectivity index (χ4v) is 4.31. The van der Waals surface area contributed by atoms with Gasteiger partial charge in [0, 0.05) is 18.7 Å². The zero-order valence-electron chi connectivity index (χ0n) is 13.6. The lowest BCUT2D eigenvalue weighted by atomic mass is 10.2. The summed E-state index contributed by atoms with van der Waals surface area (Å²) in [5.74, 6) is -1.02. The Morgan fingerprint density at radius 2 is 1.60 bits per heavy atom. The summed E-state index contributed by atoms with van der Waals surface area (Å²) in [4.78, 5) is 12.4. The van der Waals surface area contributed by atoms with E-state index < -0.39 is 21.7 Å². The molecule has 3 rings (SSSR count). The number of hydrogen-bond acceptors (Lipinski definition) is 3. The van der Waals surface area contributed by atoms with Crippen LogP contribution in [0.3, 0.4) is 0 Å². The summed E-state index contributed by atoms with van der Waals surface area (Å²) in [6.07, 6.45) is 2.77. The minimum absolute atomic E-state index is 0.0810. The minimum Gasteiger partial charge on any atom is -0.319 e. The van der Waals surface area contributed by atoms with Crippen molar-refractivity contribution in [2.45, 2.75) is 24.2 Å². The van der Waals surface area contributed by atoms with E-state index in [0.717, 1.165) is 19.3 Å². The van der Waals surface area contributed by atoms with E-state index in [-0.39, 0.29) is 16.1 Å². The second-order valence-corrected chi connectivity index (χ2v) is 7.86. The first-order valence-corrected chi connectivity index (χ1v) is 9.58. The summed E-state index contributed by atoms with van der Waals surface area (Å²) in [5.41, 5.74) is 0.346. The number of para-hydroxylation sites is 1. The molecule has 0 unspecified atom stereocenters. The van der Waals surface area contributed by atoms with Crippen LogP contribution in [0.15, 0.2) is 53.4 Å². The molecule has 0 bridgehead atoms. The van der Waals surface area contributed by atoms with Crippen LogP contribution in [0.2, 0.25) is 0 Å². The Morgan fingerprint density at radius 1 is 0.960 bits per heavy atom. The lowest BCUT2D eigenvalue weighted by molar-refractivity contribution is 0.102. The normalized spacial score (nSPS) is 15.7. The molecule has 0 atom stereocenters. The molecular formula is C18H19FN2O3S. The Morgan fingerprint density at radius 3 is 2.24 bits per heavy atom. The smallest absolute Gasteiger partial charge is 0.255 e. The molecule has 0 saturated carbocycles. The molecule has 1 amide bonds. The molecule has 7 heteroatoms. The third-order valence-electron chi connectivity index (χ3n) is 4.19. The van der Waals surface area contributed by atoms with E-state index in [4.69, 9.17) is 0 Å². The van der Waals surface area contributed by atoms with Crippen LogP contribution in [0.5, 0.6) is 0 Å². The number of sulfonamides is 1. The van der Waals surface area contributed by atoms with Crippen LogP contribution in [-0.4, -0.2) is 31.7 Å². The Hall–Kier alpha value is -2.25. The van der Waals surface area contributed by atoms with Crippen LogP contribution in [0.1, 0.15) is 29.6 Å². The molecule has 1 saturated heterocycles. The van der Waals surface area contributed by atoms with Gasteiger partial charge in [-0.25, -0.2) is 12.8 Å². The Bertz CT molecular complexity index is 860. The number of nitrogens with one attached hydrogen (secondary N) is 1. The van der Waals surface area contributed by atoms with E-state index in [2.05, 4.69) is 5.32 Å². The zero-order chi connectivity index (χ0) is 17.9. The highest BCUT2D eigenvalue weighted by atomic mass is 32.2. The van der Waals surface area contributed by atoms with Gasteiger partial charge in [0.15, 0.2) is 0 Å². The summed E-state index contributed by atoms with van der Waals surface area (Å²) in [6.45, 7) is 1.05. The molecular weight excluding hydrogens is 343 g/mol. The molecule has 1 heterocycles. The molecule has 1 aliphatic rings. The maximum atomic E-state index is 13.6. The number of rotatable bonds is 4. The van der Waals surface area contributed by atoms with Crippen LogP contribution in [0.25, 0.3) is 0 Å². The van der Waals surface area contributed by atoms with Crippen molar-refractivity contribution in [1.29, 1.82) is 0 Å². The first-order valence-electron chi connectivity index (χ1n) is 8.14. The quantitative estimate of drug-likeness (QED) is 0.908. The van der Waals surface area contributed by atoms with Crippen molar-refractivity contribution in [2.75, 3.05) is 18.4 Å². The van der Waals surface area contributed by atoms with Crippen LogP contribution in [-0.2, 0) is 10.0 Å². The average molecular weight is 362 g/mol. The molecule has 0 aliphatic carbocycles. The topological polar surface area (TPSA) is 66.5 Å². The predicted molar refractivity (Wildman–Crippen MR) is 93.4 cm³/mol. The number of piperidine rings is 1. The van der Waals surface area contributed by atoms with E-state index in [1.165, 1.54) is 46.8 Å². The van der Waals surface area contributed by atoms with Gasteiger partial charge in [0.1, 0.15) is 5.82 Å². The van der Waals surface area contributed by atoms with E-state index >= 15 is 0 Å². The molecule has 1 N–H and O–H groups in total. The number of hydrogen-bond donors (Lipinski definition) is 1. The molecule has 1 aliphatic heterocycles. The van der Waals surface area contributed by atoms with Crippen LogP contribution in [0, 0.1) is 5.82 Å². The fourth-order valence-electron chi connectivity index (χ4n) is 2.79. The molecule has 2 aromatic rings. The Balaban J connectivity index is 1.75. The van der Waals surface area contributed by atoms with E-state index in [0.29, 0.717) is 13.1 Å². The third-order valence-corrected chi connectivity index (χ3v) is 6.10. The molecule has 25 heavy (non-hydrogen) atoms. The third kappa shape index (κ3) is 3.88. The molecule has 5 nitrogen and oxygen atoms in total. The lowest BCUT2D eigenvalue weighted by Gasteiger charge is -2.25. The highest BCUT2D eigenvalue weighted by Crippen LogP contribution is 2.21. The summed E-state index contributed by atoms with van der Waals surface area (Å²) >= 11 is 0. The molecule has 1 fully saturated rings. The van der Waals surface area contributed by atoms with Crippen LogP contribution < -0.4 is 5.32 Å². The van der Waals surface area contributed by atoms with Gasteiger partial charge in [-0.2, -0.15) is 4.31 Å². The highest BCUT2D eigenvalue weighted by molar-refractivity contribution is 7.89. The number of carbonyl (C=O) groups is 1. The Labute approximate surface area is 146 Å². The first-order chi connectivity index (χ1) is 12.0. The average Bonchev–Trinajstić information content (AvgIpc) is 2.64. The van der Waals surface area contributed by atoms with Crippen molar-refractivity contribution in [3.05, 3.63) is 59.9 Å². The summed E-state index contributed by atoms with van der Waals surface area (Å²) in [5, 5.41) is 2.47. The molecule has 0 radical (unpaired) electrons. The maximum absolute atomic E-state index is 13.6. The molecule has 132 valence electrons. The van der Waals surface area contributed by atoms with Crippen molar-refractivity contribution < 1.29 is 17.6 Å². The Kier molecular flexibility index (Phi) is 5.15. The maximum Gasteiger partial charge on any atom is 0.255 e. The van der Waals surface area contributed by atoms with Gasteiger partial charge >= 0.3 is 0 Å². The minimum atomic E-state index is -3.53. The van der Waals surface area contributed by atoms with E-state index in [9.17, 15) is 17.6 Å². The van der Waals surface area contributed by atoms with Gasteiger partial charge in [-0.15, -0.1) is 0 Å². The highest BCUT2D eigenvalue weighted by Gasteiger charge is 2.25. The number of amides is 1. The first kappa shape index (κ1) is 17.6. The van der Waals surface area contributed by atoms with Gasteiger partial charge in [-0.05, 0) is 49.2 Å². The van der Waals surface area contributed by atoms with Gasteiger partial charge < -0.3 is 5.32 Å². The van der Waals surface area contributed by atoms with Crippen molar-refractivity contribution >= 4 is 21.6 Å². The second-order valence-electron chi connectivity index (χ2n) is 5.92. The molecule has 0 aromatic heterocycles. The second kappa shape index (κ2) is 7.33. The zero-order valence-corrected chi connectivity index (χ0v) is 14.4. The summed E-state index contributed by atoms with van der Waals surface area (Å²) < 4.78 is 40.2. The van der Waals surface area contributed by atoms with Gasteiger partial charge in [0.25, 0.3) is 5.91 Å². The molecule has 2 aromatic carbocycles. The van der Waals surface area contributed by atoms with E-state index in [1.807, 2.05) is 0 Å². The van der Waals surface area contributed by atoms with Crippen molar-refractivity contribution in [1.82, 2.24) is 4.31 Å². The van der Waals surface area contributed by atoms with Gasteiger partial charge in [-0.1, -0.05) is 18.6 Å². The number of anilines is 1.